The summed E-state index contributed by atoms with van der Waals surface area (Å²) in [5, 5.41) is 0. The van der Waals surface area contributed by atoms with Crippen LogP contribution in [0.25, 0.3) is 0 Å². The van der Waals surface area contributed by atoms with Crippen LogP contribution in [0.1, 0.15) is 0 Å². The molecule has 3 N–H and O–H groups in total. The Morgan fingerprint density at radius 3 is 0.833 bits per heavy atom. The predicted molar refractivity (Wildman–Crippen MR) is 6.92 cm³/mol. The zero-order valence-corrected chi connectivity index (χ0v) is 7.12. The number of hydrogen-bond donors (Lipinski definition) is 0. The first-order valence-electron chi connectivity index (χ1n) is 0. The van der Waals surface area contributed by atoms with Crippen LogP contribution in [-0.2, 0) is 47.8 Å². The first-order chi connectivity index (χ1) is 0. The van der Waals surface area contributed by atoms with E-state index in [1.807, 2.05) is 0 Å². The molecule has 0 spiro atoms. The van der Waals surface area contributed by atoms with Gasteiger partial charge in [-0.1, -0.05) is 0 Å². The molecule has 0 bridgehead atoms. The Bertz CT molecular complexity index is 7.51. The van der Waals surface area contributed by atoms with Crippen LogP contribution in [0.3, 0.4) is 0 Å². The van der Waals surface area contributed by atoms with Gasteiger partial charge in [-0.2, -0.15) is 0 Å². The van der Waals surface area contributed by atoms with Gasteiger partial charge in [0.05, 0.1) is 0 Å². The first kappa shape index (κ1) is 254. The van der Waals surface area contributed by atoms with Gasteiger partial charge in [0.2, 0.25) is 0 Å². The Morgan fingerprint density at radius 2 is 0.833 bits per heavy atom. The summed E-state index contributed by atoms with van der Waals surface area (Å²) in [6.45, 7) is 0. The molecular formula is H3CrO4Zn. The summed E-state index contributed by atoms with van der Waals surface area (Å²) in [4.78, 5) is 0. The van der Waals surface area contributed by atoms with Crippen molar-refractivity contribution >= 4 is 0 Å². The fraction of sp³-hybridized carbons (Fsp3) is 0. The minimum absolute atomic E-state index is 0. The van der Waals surface area contributed by atoms with Crippen molar-refractivity contribution in [2.24, 2.45) is 0 Å². The van der Waals surface area contributed by atoms with Crippen LogP contribution < -0.4 is 0 Å². The molecule has 1 radical (unpaired) electrons. The van der Waals surface area contributed by atoms with Gasteiger partial charge in [0.15, 0.2) is 0 Å². The smallest absolute Gasteiger partial charge is 2.00 e. The van der Waals surface area contributed by atoms with Crippen molar-refractivity contribution in [1.29, 1.82) is 0 Å². The normalized spacial score (nSPS) is 0. The van der Waals surface area contributed by atoms with E-state index in [0.717, 1.165) is 0 Å². The van der Waals surface area contributed by atoms with E-state index in [9.17, 15) is 0 Å². The summed E-state index contributed by atoms with van der Waals surface area (Å²) in [5.41, 5.74) is 0. The Balaban J connectivity index is 0. The zero-order valence-electron chi connectivity index (χ0n) is 2.88. The molecule has 0 atom stereocenters. The minimum atomic E-state index is 0. The molecule has 0 rings (SSSR count). The average Bonchev–Trinajstić information content (AvgIpc) is 0. The molecule has 0 heterocycles. The van der Waals surface area contributed by atoms with Crippen LogP contribution in [0.5, 0.6) is 0 Å². The summed E-state index contributed by atoms with van der Waals surface area (Å²) in [6, 6.07) is 0. The van der Waals surface area contributed by atoms with Gasteiger partial charge in [0.1, 0.15) is 0 Å². The van der Waals surface area contributed by atoms with Crippen molar-refractivity contribution in [3.05, 3.63) is 0 Å². The molecule has 0 amide bonds. The van der Waals surface area contributed by atoms with Crippen molar-refractivity contribution in [2.45, 2.75) is 0 Å². The summed E-state index contributed by atoms with van der Waals surface area (Å²) in [6.07, 6.45) is 0. The van der Waals surface area contributed by atoms with Gasteiger partial charge in [0.25, 0.3) is 0 Å². The van der Waals surface area contributed by atoms with E-state index in [1.54, 1.807) is 0 Å². The van der Waals surface area contributed by atoms with Gasteiger partial charge in [-0.05, 0) is 0 Å². The minimum Gasteiger partial charge on any atom is -2.00 e. The van der Waals surface area contributed by atoms with Crippen LogP contribution in [0.15, 0.2) is 0 Å². The van der Waals surface area contributed by atoms with Crippen molar-refractivity contribution in [3.63, 3.8) is 0 Å². The fourth-order valence-corrected chi connectivity index (χ4v) is 0. The Hall–Kier alpha value is 0.996. The van der Waals surface area contributed by atoms with Gasteiger partial charge in [-0.25, -0.2) is 0 Å². The van der Waals surface area contributed by atoms with Gasteiger partial charge in [-0.15, -0.1) is 0 Å². The maximum atomic E-state index is 0. The Kier molecular flexibility index (Phi) is 6380. The average molecular weight is 184 g/mol. The quantitative estimate of drug-likeness (QED) is 0.430. The van der Waals surface area contributed by atoms with Crippen LogP contribution in [0.4, 0.5) is 0 Å². The molecule has 0 aromatic carbocycles. The largest absolute Gasteiger partial charge is 3.00 e. The predicted octanol–water partition coefficient (Wildman–Crippen LogP) is -1.24. The van der Waals surface area contributed by atoms with Crippen molar-refractivity contribution in [3.8, 4) is 0 Å². The molecule has 0 aromatic heterocycles. The molecule has 0 saturated carbocycles. The van der Waals surface area contributed by atoms with Gasteiger partial charge in [-0.3, -0.25) is 0 Å². The SMILES string of the molecule is O.[Cr+3].[O-2].[O-2].[OH-].[Zn+2]. The fourth-order valence-electron chi connectivity index (χ4n) is 0. The third-order valence-corrected chi connectivity index (χ3v) is 0. The second-order valence-corrected chi connectivity index (χ2v) is 0. The van der Waals surface area contributed by atoms with Crippen molar-refractivity contribution in [2.75, 3.05) is 0 Å². The van der Waals surface area contributed by atoms with Crippen molar-refractivity contribution < 1.29 is 58.7 Å². The van der Waals surface area contributed by atoms with E-state index >= 15 is 0 Å². The molecule has 4 nitrogen and oxygen atoms in total. The Morgan fingerprint density at radius 1 is 0.833 bits per heavy atom. The molecule has 6 heavy (non-hydrogen) atoms. The molecule has 0 aromatic rings. The summed E-state index contributed by atoms with van der Waals surface area (Å²) in [7, 11) is 0. The van der Waals surface area contributed by atoms with E-state index in [1.165, 1.54) is 0 Å². The monoisotopic (exact) mass is 183 g/mol. The molecule has 0 aliphatic heterocycles. The second kappa shape index (κ2) is 151. The maximum Gasteiger partial charge on any atom is 3.00 e. The molecule has 0 aliphatic rings. The Labute approximate surface area is 59.0 Å². The zero-order chi connectivity index (χ0) is 0. The van der Waals surface area contributed by atoms with E-state index in [4.69, 9.17) is 0 Å². The third-order valence-electron chi connectivity index (χ3n) is 0. The van der Waals surface area contributed by atoms with Gasteiger partial charge >= 0.3 is 36.8 Å². The molecular weight excluding hydrogens is 181 g/mol. The summed E-state index contributed by atoms with van der Waals surface area (Å²) >= 11 is 0. The van der Waals surface area contributed by atoms with Gasteiger partial charge in [0, 0.05) is 0 Å². The van der Waals surface area contributed by atoms with Crippen LogP contribution >= 0.6 is 0 Å². The first-order valence-corrected chi connectivity index (χ1v) is 0. The summed E-state index contributed by atoms with van der Waals surface area (Å²) in [5.74, 6) is 0. The van der Waals surface area contributed by atoms with E-state index in [0.29, 0.717) is 0 Å². The van der Waals surface area contributed by atoms with Crippen LogP contribution in [0.2, 0.25) is 0 Å². The van der Waals surface area contributed by atoms with Crippen molar-refractivity contribution in [1.82, 2.24) is 0 Å². The second-order valence-electron chi connectivity index (χ2n) is 0. The topological polar surface area (TPSA) is 118 Å². The van der Waals surface area contributed by atoms with E-state index in [2.05, 4.69) is 0 Å². The molecule has 35 valence electrons. The van der Waals surface area contributed by atoms with Crippen LogP contribution in [-0.4, -0.2) is 11.0 Å². The molecule has 0 unspecified atom stereocenters. The number of rotatable bonds is 0. The molecule has 6 heteroatoms. The molecule has 0 aliphatic carbocycles. The standard InChI is InChI=1S/Cr.2H2O.2O.Zn/h;2*1H2;;;/q+3;;;2*-2;+2/p-1. The van der Waals surface area contributed by atoms with E-state index < -0.39 is 0 Å². The number of hydrogen-bond acceptors (Lipinski definition) is 1. The summed E-state index contributed by atoms with van der Waals surface area (Å²) < 4.78 is 0. The maximum absolute atomic E-state index is 0. The van der Waals surface area contributed by atoms with Gasteiger partial charge < -0.3 is 21.9 Å². The third kappa shape index (κ3) is 80.4. The molecule has 0 saturated heterocycles. The molecule has 0 fully saturated rings. The van der Waals surface area contributed by atoms with E-state index in [-0.39, 0.29) is 58.7 Å². The van der Waals surface area contributed by atoms with Crippen LogP contribution in [0, 0.1) is 0 Å².